The monoisotopic (exact) mass is 468 g/mol. The summed E-state index contributed by atoms with van der Waals surface area (Å²) in [6, 6.07) is 8.42. The Morgan fingerprint density at radius 3 is 2.82 bits per heavy atom. The quantitative estimate of drug-likeness (QED) is 0.528. The molecule has 13 heteroatoms. The number of aliphatic hydroxyl groups is 1. The van der Waals surface area contributed by atoms with Crippen molar-refractivity contribution in [1.82, 2.24) is 14.6 Å². The second-order valence-electron chi connectivity index (χ2n) is 7.94. The van der Waals surface area contributed by atoms with Crippen molar-refractivity contribution in [1.29, 1.82) is 0 Å². The van der Waals surface area contributed by atoms with E-state index in [0.29, 0.717) is 11.3 Å². The van der Waals surface area contributed by atoms with Gasteiger partial charge in [0.05, 0.1) is 12.3 Å². The van der Waals surface area contributed by atoms with Crippen molar-refractivity contribution >= 4 is 11.5 Å². The molecule has 2 aliphatic rings. The zero-order chi connectivity index (χ0) is 23.5. The molecule has 0 amide bonds. The molecule has 10 nitrogen and oxygen atoms in total. The Morgan fingerprint density at radius 1 is 1.30 bits per heavy atom. The first-order valence-electron chi connectivity index (χ1n) is 9.92. The molecular weight excluding hydrogens is 449 g/mol. The molecule has 2 saturated heterocycles. The van der Waals surface area contributed by atoms with Gasteiger partial charge in [-0.2, -0.15) is 0 Å². The zero-order valence-corrected chi connectivity index (χ0v) is 17.1. The fraction of sp³-hybridized carbons (Fsp3) is 0.400. The Hall–Kier alpha value is -3.13. The SMILES string of the molecule is C[C@@]12OC(c3cccc(OC(F)(F)F)c3)O[C@@H]1[C@@H](CO)O[C@H]2c1ccc2c(=O)[nH]c(N)nn12. The number of aliphatic hydroxyl groups excluding tert-OH is 1. The van der Waals surface area contributed by atoms with E-state index in [9.17, 15) is 23.1 Å². The lowest BCUT2D eigenvalue weighted by atomic mass is 9.91. The number of hydrogen-bond donors (Lipinski definition) is 3. The molecule has 33 heavy (non-hydrogen) atoms. The van der Waals surface area contributed by atoms with Gasteiger partial charge in [-0.25, -0.2) is 4.52 Å². The number of hydrogen-bond acceptors (Lipinski definition) is 8. The average molecular weight is 468 g/mol. The van der Waals surface area contributed by atoms with Gasteiger partial charge in [-0.05, 0) is 31.2 Å². The third-order valence-corrected chi connectivity index (χ3v) is 5.74. The van der Waals surface area contributed by atoms with Gasteiger partial charge in [0, 0.05) is 5.56 Å². The van der Waals surface area contributed by atoms with E-state index in [1.807, 2.05) is 0 Å². The van der Waals surface area contributed by atoms with Crippen molar-refractivity contribution in [3.63, 3.8) is 0 Å². The van der Waals surface area contributed by atoms with Gasteiger partial charge in [-0.1, -0.05) is 12.1 Å². The molecule has 0 bridgehead atoms. The highest BCUT2D eigenvalue weighted by molar-refractivity contribution is 5.48. The summed E-state index contributed by atoms with van der Waals surface area (Å²) in [4.78, 5) is 14.6. The maximum absolute atomic E-state index is 12.6. The number of aromatic amines is 1. The zero-order valence-electron chi connectivity index (χ0n) is 17.1. The number of rotatable bonds is 4. The van der Waals surface area contributed by atoms with Crippen molar-refractivity contribution in [3.8, 4) is 5.75 Å². The van der Waals surface area contributed by atoms with Gasteiger partial charge < -0.3 is 29.8 Å². The van der Waals surface area contributed by atoms with Crippen LogP contribution in [0, 0.1) is 0 Å². The van der Waals surface area contributed by atoms with E-state index in [2.05, 4.69) is 14.8 Å². The molecule has 5 atom stereocenters. The first-order valence-corrected chi connectivity index (χ1v) is 9.92. The fourth-order valence-corrected chi connectivity index (χ4v) is 4.39. The summed E-state index contributed by atoms with van der Waals surface area (Å²) in [6.07, 6.45) is -8.30. The largest absolute Gasteiger partial charge is 0.573 e. The Bertz CT molecular complexity index is 1260. The summed E-state index contributed by atoms with van der Waals surface area (Å²) < 4.78 is 61.3. The van der Waals surface area contributed by atoms with Crippen LogP contribution in [-0.4, -0.2) is 50.5 Å². The standard InChI is InChI=1S/C20H19F3N4O6/c1-19-14(11-5-6-12-16(29)25-18(24)26-27(11)12)30-13(8-28)15(19)31-17(33-19)9-3-2-4-10(7-9)32-20(21,22)23/h2-7,13-15,17,28H,8H2,1H3,(H3,24,25,26,29)/t13-,14+,15-,17?,19+/m1/s1. The number of fused-ring (bicyclic) bond motifs is 2. The van der Waals surface area contributed by atoms with Gasteiger partial charge >= 0.3 is 6.36 Å². The number of H-pyrrole nitrogens is 1. The predicted molar refractivity (Wildman–Crippen MR) is 105 cm³/mol. The highest BCUT2D eigenvalue weighted by atomic mass is 19.4. The minimum Gasteiger partial charge on any atom is -0.406 e. The molecule has 1 aromatic carbocycles. The summed E-state index contributed by atoms with van der Waals surface area (Å²) >= 11 is 0. The Kier molecular flexibility index (Phi) is 4.90. The van der Waals surface area contributed by atoms with E-state index < -0.39 is 54.5 Å². The minimum absolute atomic E-state index is 0.105. The number of alkyl halides is 3. The van der Waals surface area contributed by atoms with Crippen molar-refractivity contribution in [2.75, 3.05) is 12.3 Å². The van der Waals surface area contributed by atoms with Crippen LogP contribution in [0.2, 0.25) is 0 Å². The van der Waals surface area contributed by atoms with Crippen molar-refractivity contribution in [2.45, 2.75) is 43.5 Å². The van der Waals surface area contributed by atoms with Gasteiger partial charge in [0.1, 0.15) is 35.2 Å². The van der Waals surface area contributed by atoms with Crippen LogP contribution in [0.4, 0.5) is 19.1 Å². The van der Waals surface area contributed by atoms with E-state index >= 15 is 0 Å². The molecule has 2 fully saturated rings. The Morgan fingerprint density at radius 2 is 2.09 bits per heavy atom. The van der Waals surface area contributed by atoms with Crippen molar-refractivity contribution < 1.29 is 37.2 Å². The van der Waals surface area contributed by atoms with Crippen LogP contribution in [0.3, 0.4) is 0 Å². The van der Waals surface area contributed by atoms with Crippen LogP contribution in [0.1, 0.15) is 30.6 Å². The smallest absolute Gasteiger partial charge is 0.406 e. The van der Waals surface area contributed by atoms with Crippen molar-refractivity contribution in [2.24, 2.45) is 0 Å². The molecular formula is C20H19F3N4O6. The maximum Gasteiger partial charge on any atom is 0.573 e. The van der Waals surface area contributed by atoms with Gasteiger partial charge in [0.25, 0.3) is 5.56 Å². The number of halogens is 3. The number of nitrogens with zero attached hydrogens (tertiary/aromatic N) is 2. The fourth-order valence-electron chi connectivity index (χ4n) is 4.39. The van der Waals surface area contributed by atoms with Crippen LogP contribution in [0.5, 0.6) is 5.75 Å². The third-order valence-electron chi connectivity index (χ3n) is 5.74. The molecule has 4 N–H and O–H groups in total. The summed E-state index contributed by atoms with van der Waals surface area (Å²) in [5, 5.41) is 14.0. The van der Waals surface area contributed by atoms with Crippen LogP contribution < -0.4 is 16.0 Å². The minimum atomic E-state index is -4.85. The van der Waals surface area contributed by atoms with Gasteiger partial charge in [0.15, 0.2) is 6.29 Å². The second kappa shape index (κ2) is 7.45. The highest BCUT2D eigenvalue weighted by Crippen LogP contribution is 2.53. The number of nitrogens with one attached hydrogen (secondary N) is 1. The molecule has 0 saturated carbocycles. The van der Waals surface area contributed by atoms with E-state index in [0.717, 1.165) is 6.07 Å². The average Bonchev–Trinajstić information content (AvgIpc) is 3.36. The lowest BCUT2D eigenvalue weighted by molar-refractivity contribution is -0.274. The first-order chi connectivity index (χ1) is 15.6. The van der Waals surface area contributed by atoms with Crippen LogP contribution >= 0.6 is 0 Å². The van der Waals surface area contributed by atoms with Crippen LogP contribution in [-0.2, 0) is 14.2 Å². The molecule has 3 aromatic rings. The van der Waals surface area contributed by atoms with Gasteiger partial charge in [0.2, 0.25) is 5.95 Å². The van der Waals surface area contributed by atoms with E-state index in [-0.39, 0.29) is 11.5 Å². The summed E-state index contributed by atoms with van der Waals surface area (Å²) in [5.74, 6) is -0.524. The lowest BCUT2D eigenvalue weighted by Crippen LogP contribution is -2.40. The first kappa shape index (κ1) is 21.7. The number of nitrogen functional groups attached to an aromatic ring is 1. The number of anilines is 1. The van der Waals surface area contributed by atoms with Gasteiger partial charge in [-0.15, -0.1) is 18.3 Å². The van der Waals surface area contributed by atoms with Crippen LogP contribution in [0.15, 0.2) is 41.2 Å². The molecule has 5 rings (SSSR count). The Labute approximate surface area is 183 Å². The third kappa shape index (κ3) is 3.62. The van der Waals surface area contributed by atoms with Gasteiger partial charge in [-0.3, -0.25) is 9.78 Å². The highest BCUT2D eigenvalue weighted by Gasteiger charge is 2.62. The molecule has 0 radical (unpaired) electrons. The summed E-state index contributed by atoms with van der Waals surface area (Å²) in [6.45, 7) is 1.30. The van der Waals surface area contributed by atoms with Crippen LogP contribution in [0.25, 0.3) is 5.52 Å². The number of benzene rings is 1. The number of ether oxygens (including phenoxy) is 4. The Balaban J connectivity index is 1.51. The van der Waals surface area contributed by atoms with E-state index in [1.54, 1.807) is 19.1 Å². The maximum atomic E-state index is 12.6. The molecule has 1 unspecified atom stereocenters. The number of aromatic nitrogens is 3. The predicted octanol–water partition coefficient (Wildman–Crippen LogP) is 1.81. The molecule has 2 aliphatic heterocycles. The molecule has 0 spiro atoms. The van der Waals surface area contributed by atoms with Crippen molar-refractivity contribution in [3.05, 3.63) is 58.0 Å². The molecule has 2 aromatic heterocycles. The number of nitrogens with two attached hydrogens (primary N) is 1. The normalized spacial score (nSPS) is 29.5. The second-order valence-corrected chi connectivity index (χ2v) is 7.94. The van der Waals surface area contributed by atoms with E-state index in [4.69, 9.17) is 19.9 Å². The topological polar surface area (TPSA) is 133 Å². The molecule has 4 heterocycles. The van der Waals surface area contributed by atoms with E-state index in [1.165, 1.54) is 22.7 Å². The summed E-state index contributed by atoms with van der Waals surface area (Å²) in [7, 11) is 0. The molecule has 176 valence electrons. The summed E-state index contributed by atoms with van der Waals surface area (Å²) in [5.41, 5.74) is 5.01. The lowest BCUT2D eigenvalue weighted by Gasteiger charge is -2.27. The molecule has 0 aliphatic carbocycles.